The Labute approximate surface area is 98.6 Å². The zero-order valence-electron chi connectivity index (χ0n) is 9.27. The number of rotatable bonds is 3. The van der Waals surface area contributed by atoms with Crippen molar-refractivity contribution >= 4 is 11.5 Å². The summed E-state index contributed by atoms with van der Waals surface area (Å²) in [6.45, 7) is 4.16. The topological polar surface area (TPSA) is 63.8 Å². The van der Waals surface area contributed by atoms with Gasteiger partial charge in [0.15, 0.2) is 0 Å². The highest BCUT2D eigenvalue weighted by Crippen LogP contribution is 2.24. The maximum Gasteiger partial charge on any atom is 0.0834 e. The second kappa shape index (κ2) is 4.69. The van der Waals surface area contributed by atoms with Crippen LogP contribution in [0.3, 0.4) is 0 Å². The van der Waals surface area contributed by atoms with Gasteiger partial charge in [0.1, 0.15) is 0 Å². The molecule has 0 amide bonds. The Morgan fingerprint density at radius 3 is 2.44 bits per heavy atom. The van der Waals surface area contributed by atoms with Crippen LogP contribution in [0.5, 0.6) is 0 Å². The molecule has 84 valence electrons. The zero-order chi connectivity index (χ0) is 11.5. The van der Waals surface area contributed by atoms with Gasteiger partial charge < -0.3 is 0 Å². The Balaban J connectivity index is 2.41. The molecule has 0 spiro atoms. The van der Waals surface area contributed by atoms with Gasteiger partial charge in [-0.3, -0.25) is 5.84 Å². The first-order valence-corrected chi connectivity index (χ1v) is 5.79. The largest absolute Gasteiger partial charge is 0.271 e. The van der Waals surface area contributed by atoms with Gasteiger partial charge >= 0.3 is 0 Å². The average Bonchev–Trinajstić information content (AvgIpc) is 2.70. The van der Waals surface area contributed by atoms with E-state index >= 15 is 0 Å². The lowest BCUT2D eigenvalue weighted by Crippen LogP contribution is -2.28. The van der Waals surface area contributed by atoms with Gasteiger partial charge in [0.25, 0.3) is 0 Å². The number of nitrogens with one attached hydrogen (secondary N) is 1. The number of hydrazine groups is 1. The molecule has 0 aliphatic carbocycles. The molecular formula is C11H14N4S. The standard InChI is InChI=1S/C11H14N4S/c1-7-3-8(2)5-9(4-7)11(14-12)10-6-13-15-16-10/h3-6,11,14H,12H2,1-2H3. The second-order valence-corrected chi connectivity index (χ2v) is 4.66. The van der Waals surface area contributed by atoms with Crippen molar-refractivity contribution in [2.24, 2.45) is 5.84 Å². The molecule has 1 aromatic heterocycles. The van der Waals surface area contributed by atoms with Crippen LogP contribution in [0.25, 0.3) is 0 Å². The number of aryl methyl sites for hydroxylation is 2. The van der Waals surface area contributed by atoms with Gasteiger partial charge in [-0.25, -0.2) is 5.43 Å². The van der Waals surface area contributed by atoms with E-state index in [0.29, 0.717) is 0 Å². The summed E-state index contributed by atoms with van der Waals surface area (Å²) >= 11 is 1.36. The van der Waals surface area contributed by atoms with Gasteiger partial charge in [0, 0.05) is 0 Å². The summed E-state index contributed by atoms with van der Waals surface area (Å²) in [4.78, 5) is 1.02. The highest BCUT2D eigenvalue weighted by Gasteiger charge is 2.15. The van der Waals surface area contributed by atoms with Crippen molar-refractivity contribution in [3.63, 3.8) is 0 Å². The molecule has 4 nitrogen and oxygen atoms in total. The van der Waals surface area contributed by atoms with E-state index in [9.17, 15) is 0 Å². The lowest BCUT2D eigenvalue weighted by molar-refractivity contribution is 0.644. The minimum atomic E-state index is -0.0291. The first-order chi connectivity index (χ1) is 7.70. The van der Waals surface area contributed by atoms with E-state index in [1.165, 1.54) is 22.7 Å². The van der Waals surface area contributed by atoms with E-state index in [-0.39, 0.29) is 6.04 Å². The molecule has 3 N–H and O–H groups in total. The highest BCUT2D eigenvalue weighted by molar-refractivity contribution is 7.05. The molecule has 16 heavy (non-hydrogen) atoms. The molecule has 0 fully saturated rings. The van der Waals surface area contributed by atoms with Crippen molar-refractivity contribution in [2.75, 3.05) is 0 Å². The number of hydrogen-bond donors (Lipinski definition) is 2. The molecule has 2 aromatic rings. The summed E-state index contributed by atoms with van der Waals surface area (Å²) in [5.41, 5.74) is 6.41. The quantitative estimate of drug-likeness (QED) is 0.627. The number of hydrogen-bond acceptors (Lipinski definition) is 5. The molecule has 0 saturated heterocycles. The molecule has 1 aromatic carbocycles. The number of aromatic nitrogens is 2. The summed E-state index contributed by atoms with van der Waals surface area (Å²) in [6, 6.07) is 6.36. The molecular weight excluding hydrogens is 220 g/mol. The predicted octanol–water partition coefficient (Wildman–Crippen LogP) is 1.71. The van der Waals surface area contributed by atoms with Gasteiger partial charge in [-0.05, 0) is 30.9 Å². The van der Waals surface area contributed by atoms with Crippen molar-refractivity contribution in [3.05, 3.63) is 46.0 Å². The lowest BCUT2D eigenvalue weighted by atomic mass is 10.0. The van der Waals surface area contributed by atoms with Gasteiger partial charge in [0.05, 0.1) is 17.1 Å². The molecule has 0 aliphatic heterocycles. The number of nitrogens with two attached hydrogens (primary N) is 1. The fourth-order valence-electron chi connectivity index (χ4n) is 1.82. The van der Waals surface area contributed by atoms with E-state index in [0.717, 1.165) is 10.4 Å². The molecule has 1 heterocycles. The molecule has 1 atom stereocenters. The Morgan fingerprint density at radius 2 is 1.94 bits per heavy atom. The van der Waals surface area contributed by atoms with Crippen LogP contribution in [0.2, 0.25) is 0 Å². The maximum absolute atomic E-state index is 5.60. The normalized spacial score (nSPS) is 12.7. The third kappa shape index (κ3) is 2.27. The monoisotopic (exact) mass is 234 g/mol. The highest BCUT2D eigenvalue weighted by atomic mass is 32.1. The molecule has 1 unspecified atom stereocenters. The van der Waals surface area contributed by atoms with Gasteiger partial charge in [-0.15, -0.1) is 5.10 Å². The minimum Gasteiger partial charge on any atom is -0.271 e. The van der Waals surface area contributed by atoms with Crippen molar-refractivity contribution in [1.82, 2.24) is 15.0 Å². The summed E-state index contributed by atoms with van der Waals surface area (Å²) in [5.74, 6) is 5.60. The van der Waals surface area contributed by atoms with Crippen LogP contribution < -0.4 is 11.3 Å². The lowest BCUT2D eigenvalue weighted by Gasteiger charge is -2.15. The molecule has 0 aliphatic rings. The third-order valence-corrected chi connectivity index (χ3v) is 3.13. The minimum absolute atomic E-state index is 0.0291. The molecule has 5 heteroatoms. The Bertz CT molecular complexity index is 447. The smallest absolute Gasteiger partial charge is 0.0834 e. The van der Waals surface area contributed by atoms with Crippen molar-refractivity contribution in [2.45, 2.75) is 19.9 Å². The van der Waals surface area contributed by atoms with Crippen LogP contribution in [0.4, 0.5) is 0 Å². The fourth-order valence-corrected chi connectivity index (χ4v) is 2.41. The van der Waals surface area contributed by atoms with Crippen LogP contribution in [-0.4, -0.2) is 9.59 Å². The van der Waals surface area contributed by atoms with E-state index < -0.39 is 0 Å². The van der Waals surface area contributed by atoms with Crippen LogP contribution in [-0.2, 0) is 0 Å². The molecule has 0 bridgehead atoms. The summed E-state index contributed by atoms with van der Waals surface area (Å²) < 4.78 is 3.86. The van der Waals surface area contributed by atoms with Gasteiger partial charge in [-0.2, -0.15) is 0 Å². The Kier molecular flexibility index (Phi) is 3.28. The third-order valence-electron chi connectivity index (χ3n) is 2.41. The Hall–Kier alpha value is -1.30. The van der Waals surface area contributed by atoms with Gasteiger partial charge in [-0.1, -0.05) is 33.8 Å². The number of benzene rings is 1. The molecule has 0 radical (unpaired) electrons. The van der Waals surface area contributed by atoms with Crippen LogP contribution in [0.15, 0.2) is 24.4 Å². The first kappa shape index (κ1) is 11.2. The van der Waals surface area contributed by atoms with Crippen molar-refractivity contribution < 1.29 is 0 Å². The van der Waals surface area contributed by atoms with Crippen LogP contribution in [0, 0.1) is 13.8 Å². The molecule has 2 rings (SSSR count). The van der Waals surface area contributed by atoms with Gasteiger partial charge in [0.2, 0.25) is 0 Å². The predicted molar refractivity (Wildman–Crippen MR) is 65.0 cm³/mol. The van der Waals surface area contributed by atoms with Crippen molar-refractivity contribution in [3.8, 4) is 0 Å². The maximum atomic E-state index is 5.60. The van der Waals surface area contributed by atoms with Crippen LogP contribution in [0.1, 0.15) is 27.6 Å². The second-order valence-electron chi connectivity index (χ2n) is 3.84. The van der Waals surface area contributed by atoms with E-state index in [4.69, 9.17) is 5.84 Å². The first-order valence-electron chi connectivity index (χ1n) is 5.02. The summed E-state index contributed by atoms with van der Waals surface area (Å²) in [5, 5.41) is 3.83. The van der Waals surface area contributed by atoms with Crippen molar-refractivity contribution in [1.29, 1.82) is 0 Å². The SMILES string of the molecule is Cc1cc(C)cc(C(NN)c2cnns2)c1. The fraction of sp³-hybridized carbons (Fsp3) is 0.273. The average molecular weight is 234 g/mol. The van der Waals surface area contributed by atoms with E-state index in [1.807, 2.05) is 0 Å². The van der Waals surface area contributed by atoms with Crippen LogP contribution >= 0.6 is 11.5 Å². The summed E-state index contributed by atoms with van der Waals surface area (Å²) in [7, 11) is 0. The summed E-state index contributed by atoms with van der Waals surface area (Å²) in [6.07, 6.45) is 1.74. The Morgan fingerprint density at radius 1 is 1.25 bits per heavy atom. The van der Waals surface area contributed by atoms with E-state index in [2.05, 4.69) is 47.1 Å². The van der Waals surface area contributed by atoms with E-state index in [1.54, 1.807) is 6.20 Å². The number of nitrogens with zero attached hydrogens (tertiary/aromatic N) is 2. The zero-order valence-corrected chi connectivity index (χ0v) is 10.1. The molecule has 0 saturated carbocycles.